The first-order valence-electron chi connectivity index (χ1n) is 14.0. The predicted octanol–water partition coefficient (Wildman–Crippen LogP) is 4.92. The van der Waals surface area contributed by atoms with E-state index in [1.54, 1.807) is 6.07 Å². The molecule has 0 unspecified atom stereocenters. The summed E-state index contributed by atoms with van der Waals surface area (Å²) < 4.78 is 18.7. The molecule has 2 aliphatic rings. The molecular weight excluding hydrogens is 520 g/mol. The predicted molar refractivity (Wildman–Crippen MR) is 154 cm³/mol. The van der Waals surface area contributed by atoms with Crippen molar-refractivity contribution in [3.05, 3.63) is 88.6 Å². The highest BCUT2D eigenvalue weighted by molar-refractivity contribution is 5.90. The second kappa shape index (κ2) is 11.7. The van der Waals surface area contributed by atoms with Gasteiger partial charge in [-0.1, -0.05) is 36.4 Å². The van der Waals surface area contributed by atoms with Crippen LogP contribution in [0.5, 0.6) is 11.6 Å². The van der Waals surface area contributed by atoms with Gasteiger partial charge in [0.25, 0.3) is 0 Å². The number of nitrogens with zero attached hydrogens (tertiary/aromatic N) is 4. The molecule has 4 aromatic rings. The summed E-state index contributed by atoms with van der Waals surface area (Å²) in [5.41, 5.74) is 6.45. The van der Waals surface area contributed by atoms with Gasteiger partial charge in [0.1, 0.15) is 17.9 Å². The lowest BCUT2D eigenvalue weighted by molar-refractivity contribution is 0.0693. The first-order valence-corrected chi connectivity index (χ1v) is 14.0. The van der Waals surface area contributed by atoms with Gasteiger partial charge in [0.2, 0.25) is 5.88 Å². The Balaban J connectivity index is 1.20. The molecule has 0 saturated carbocycles. The number of aryl methyl sites for hydroxylation is 1. The minimum Gasteiger partial charge on any atom is -0.488 e. The summed E-state index contributed by atoms with van der Waals surface area (Å²) in [5.74, 6) is 0.872. The highest BCUT2D eigenvalue weighted by atomic mass is 16.5. The van der Waals surface area contributed by atoms with E-state index in [0.29, 0.717) is 24.0 Å². The number of carboxylic acids is 1. The number of hydrogen-bond acceptors (Lipinski definition) is 7. The van der Waals surface area contributed by atoms with Crippen LogP contribution in [-0.2, 0) is 24.3 Å². The van der Waals surface area contributed by atoms with E-state index in [9.17, 15) is 9.90 Å². The number of carbonyl (C=O) groups is 1. The molecule has 4 heterocycles. The monoisotopic (exact) mass is 554 g/mol. The van der Waals surface area contributed by atoms with Gasteiger partial charge < -0.3 is 19.3 Å². The van der Waals surface area contributed by atoms with Gasteiger partial charge in [-0.3, -0.25) is 4.90 Å². The zero-order chi connectivity index (χ0) is 28.3. The van der Waals surface area contributed by atoms with E-state index < -0.39 is 5.97 Å². The maximum absolute atomic E-state index is 11.6. The molecule has 9 heteroatoms. The van der Waals surface area contributed by atoms with Crippen LogP contribution in [0.15, 0.2) is 60.8 Å². The van der Waals surface area contributed by atoms with Crippen molar-refractivity contribution < 1.29 is 24.1 Å². The van der Waals surface area contributed by atoms with E-state index in [1.807, 2.05) is 37.3 Å². The average Bonchev–Trinajstić information content (AvgIpc) is 3.66. The number of ether oxygens (including phenoxy) is 3. The molecule has 9 nitrogen and oxygen atoms in total. The number of fused-ring (bicyclic) bond motifs is 1. The number of pyridine rings is 1. The van der Waals surface area contributed by atoms with Crippen LogP contribution in [0.1, 0.15) is 39.0 Å². The zero-order valence-electron chi connectivity index (χ0n) is 23.4. The smallest absolute Gasteiger partial charge is 0.342 e. The molecule has 0 amide bonds. The Bertz CT molecular complexity index is 1560. The maximum Gasteiger partial charge on any atom is 0.342 e. The fourth-order valence-corrected chi connectivity index (χ4v) is 5.74. The number of para-hydroxylation sites is 1. The number of hydrogen-bond donors (Lipinski definition) is 1. The molecular formula is C32H34N4O5. The summed E-state index contributed by atoms with van der Waals surface area (Å²) in [6.07, 6.45) is 3.48. The Labute approximate surface area is 239 Å². The van der Waals surface area contributed by atoms with Crippen LogP contribution in [0, 0.1) is 12.8 Å². The van der Waals surface area contributed by atoms with Gasteiger partial charge in [-0.2, -0.15) is 9.78 Å². The van der Waals surface area contributed by atoms with Crippen LogP contribution in [0.2, 0.25) is 0 Å². The Morgan fingerprint density at radius 2 is 2.02 bits per heavy atom. The van der Waals surface area contributed by atoms with Crippen LogP contribution >= 0.6 is 0 Å². The van der Waals surface area contributed by atoms with Crippen molar-refractivity contribution in [1.82, 2.24) is 19.7 Å². The van der Waals surface area contributed by atoms with E-state index in [4.69, 9.17) is 19.2 Å². The van der Waals surface area contributed by atoms with E-state index in [2.05, 4.69) is 28.2 Å². The first-order chi connectivity index (χ1) is 20.0. The van der Waals surface area contributed by atoms with Crippen LogP contribution in [0.4, 0.5) is 0 Å². The number of methoxy groups -OCH3 is 1. The maximum atomic E-state index is 11.6. The number of aromatic carboxylic acids is 1. The molecule has 2 aliphatic heterocycles. The summed E-state index contributed by atoms with van der Waals surface area (Å²) in [6, 6.07) is 18.2. The summed E-state index contributed by atoms with van der Waals surface area (Å²) in [7, 11) is 1.42. The molecule has 2 aromatic carbocycles. The normalized spacial score (nSPS) is 16.9. The highest BCUT2D eigenvalue weighted by Crippen LogP contribution is 2.34. The van der Waals surface area contributed by atoms with Crippen molar-refractivity contribution in [2.24, 2.45) is 5.92 Å². The van der Waals surface area contributed by atoms with E-state index in [-0.39, 0.29) is 11.4 Å². The van der Waals surface area contributed by atoms with Crippen molar-refractivity contribution in [3.8, 4) is 28.7 Å². The Hall–Kier alpha value is -4.21. The van der Waals surface area contributed by atoms with Crippen LogP contribution in [-0.4, -0.2) is 64.2 Å². The van der Waals surface area contributed by atoms with Gasteiger partial charge in [-0.25, -0.2) is 9.78 Å². The minimum absolute atomic E-state index is 0.0274. The molecule has 1 fully saturated rings. The second-order valence-electron chi connectivity index (χ2n) is 10.7. The number of carboxylic acid groups (broad SMARTS) is 1. The summed E-state index contributed by atoms with van der Waals surface area (Å²) in [5, 5.41) is 13.7. The van der Waals surface area contributed by atoms with Gasteiger partial charge in [0, 0.05) is 31.8 Å². The minimum atomic E-state index is -1.11. The topological polar surface area (TPSA) is 98.9 Å². The van der Waals surface area contributed by atoms with Crippen molar-refractivity contribution in [3.63, 3.8) is 0 Å². The fourth-order valence-electron chi connectivity index (χ4n) is 5.74. The lowest BCUT2D eigenvalue weighted by Crippen LogP contribution is -2.34. The lowest BCUT2D eigenvalue weighted by atomic mass is 9.96. The molecule has 212 valence electrons. The number of aromatic nitrogens is 3. The summed E-state index contributed by atoms with van der Waals surface area (Å²) in [4.78, 5) is 18.9. The Morgan fingerprint density at radius 1 is 1.15 bits per heavy atom. The fraction of sp³-hybridized carbons (Fsp3) is 0.344. The lowest BCUT2D eigenvalue weighted by Gasteiger charge is -2.30. The van der Waals surface area contributed by atoms with Crippen LogP contribution in [0.25, 0.3) is 17.1 Å². The largest absolute Gasteiger partial charge is 0.488 e. The highest BCUT2D eigenvalue weighted by Gasteiger charge is 2.23. The van der Waals surface area contributed by atoms with Crippen molar-refractivity contribution in [1.29, 1.82) is 0 Å². The SMILES string of the molecule is COc1c(C(=O)O)cnn1-c1cccc(-c2cccc(C)c2OCc2ccc3c(c2)CCN(C[C@H]2CCOC2)C3)n1. The van der Waals surface area contributed by atoms with Crippen molar-refractivity contribution in [2.75, 3.05) is 33.4 Å². The Kier molecular flexibility index (Phi) is 7.71. The van der Waals surface area contributed by atoms with E-state index in [1.165, 1.54) is 35.5 Å². The van der Waals surface area contributed by atoms with Gasteiger partial charge in [-0.05, 0) is 66.1 Å². The number of rotatable bonds is 9. The first kappa shape index (κ1) is 27.0. The molecule has 0 bridgehead atoms. The van der Waals surface area contributed by atoms with E-state index >= 15 is 0 Å². The van der Waals surface area contributed by atoms with E-state index in [0.717, 1.165) is 61.7 Å². The zero-order valence-corrected chi connectivity index (χ0v) is 23.4. The molecule has 2 aromatic heterocycles. The van der Waals surface area contributed by atoms with Gasteiger partial charge in [0.05, 0.1) is 25.6 Å². The summed E-state index contributed by atoms with van der Waals surface area (Å²) >= 11 is 0. The molecule has 41 heavy (non-hydrogen) atoms. The van der Waals surface area contributed by atoms with Crippen LogP contribution < -0.4 is 9.47 Å². The number of benzene rings is 2. The summed E-state index contributed by atoms with van der Waals surface area (Å²) in [6.45, 7) is 7.44. The molecule has 1 saturated heterocycles. The van der Waals surface area contributed by atoms with Gasteiger partial charge in [0.15, 0.2) is 5.82 Å². The third-order valence-electron chi connectivity index (χ3n) is 7.87. The molecule has 0 spiro atoms. The van der Waals surface area contributed by atoms with Gasteiger partial charge >= 0.3 is 5.97 Å². The standard InChI is InChI=1S/C32H34N4O5/c1-21-5-3-6-26(28-7-4-8-29(34-28)36-31(39-2)27(16-33-36)32(37)38)30(21)41-20-22-9-10-25-18-35(13-11-24(25)15-22)17-23-12-14-40-19-23/h3-10,15-16,23H,11-14,17-20H2,1-2H3,(H,37,38)/t23-/m1/s1. The van der Waals surface area contributed by atoms with Gasteiger partial charge in [-0.15, -0.1) is 0 Å². The third kappa shape index (κ3) is 5.68. The average molecular weight is 555 g/mol. The van der Waals surface area contributed by atoms with Crippen molar-refractivity contribution >= 4 is 5.97 Å². The molecule has 1 N–H and O–H groups in total. The Morgan fingerprint density at radius 3 is 2.83 bits per heavy atom. The molecule has 0 radical (unpaired) electrons. The molecule has 6 rings (SSSR count). The quantitative estimate of drug-likeness (QED) is 0.311. The molecule has 1 atom stereocenters. The molecule has 0 aliphatic carbocycles. The third-order valence-corrected chi connectivity index (χ3v) is 7.87. The van der Waals surface area contributed by atoms with Crippen molar-refractivity contribution in [2.45, 2.75) is 32.9 Å². The second-order valence-corrected chi connectivity index (χ2v) is 10.7. The van der Waals surface area contributed by atoms with Crippen LogP contribution in [0.3, 0.4) is 0 Å².